The van der Waals surface area contributed by atoms with E-state index in [-0.39, 0.29) is 11.5 Å². The number of aromatic nitrogens is 2. The average molecular weight is 422 g/mol. The van der Waals surface area contributed by atoms with Crippen molar-refractivity contribution in [1.82, 2.24) is 15.0 Å². The summed E-state index contributed by atoms with van der Waals surface area (Å²) in [5, 5.41) is 5.91. The summed E-state index contributed by atoms with van der Waals surface area (Å²) in [6.45, 7) is 2.93. The molecule has 0 atom stereocenters. The number of fused-ring (bicyclic) bond motifs is 2. The van der Waals surface area contributed by atoms with E-state index in [9.17, 15) is 9.59 Å². The lowest BCUT2D eigenvalue weighted by Crippen LogP contribution is -2.28. The van der Waals surface area contributed by atoms with Crippen molar-refractivity contribution >= 4 is 39.4 Å². The quantitative estimate of drug-likeness (QED) is 0.518. The average Bonchev–Trinajstić information content (AvgIpc) is 3.44. The first-order chi connectivity index (χ1) is 14.7. The standard InChI is InChI=1S/C22H23N5O2S/c28-21(25-23-14-16-7-9-20(30-16)26-10-2-1-3-11-26)15-6-8-17-18(13-15)24-19-5-4-12-27(19)22(17)29/h6-9,13-14H,1-5,10-12H2,(H,25,28)/b23-14-. The number of hydrazone groups is 1. The smallest absolute Gasteiger partial charge is 0.271 e. The second kappa shape index (κ2) is 8.02. The Balaban J connectivity index is 1.28. The topological polar surface area (TPSA) is 79.6 Å². The third-order valence-corrected chi connectivity index (χ3v) is 6.80. The Hall–Kier alpha value is -3.00. The number of nitrogens with one attached hydrogen (secondary N) is 1. The van der Waals surface area contributed by atoms with Gasteiger partial charge in [-0.1, -0.05) is 0 Å². The molecule has 0 spiro atoms. The van der Waals surface area contributed by atoms with Crippen LogP contribution in [0.25, 0.3) is 10.9 Å². The van der Waals surface area contributed by atoms with Crippen molar-refractivity contribution < 1.29 is 4.79 Å². The van der Waals surface area contributed by atoms with Crippen molar-refractivity contribution in [3.63, 3.8) is 0 Å². The molecule has 5 rings (SSSR count). The molecule has 1 amide bonds. The highest BCUT2D eigenvalue weighted by atomic mass is 32.1. The Morgan fingerprint density at radius 1 is 1.10 bits per heavy atom. The van der Waals surface area contributed by atoms with Crippen molar-refractivity contribution in [3.05, 3.63) is 57.0 Å². The Bertz CT molecular complexity index is 1190. The minimum absolute atomic E-state index is 0.0281. The summed E-state index contributed by atoms with van der Waals surface area (Å²) in [4.78, 5) is 33.0. The molecule has 30 heavy (non-hydrogen) atoms. The summed E-state index contributed by atoms with van der Waals surface area (Å²) in [5.41, 5.74) is 3.56. The number of anilines is 1. The van der Waals surface area contributed by atoms with Gasteiger partial charge in [-0.25, -0.2) is 10.4 Å². The van der Waals surface area contributed by atoms with Gasteiger partial charge in [-0.2, -0.15) is 5.10 Å². The van der Waals surface area contributed by atoms with Crippen LogP contribution in [0.15, 0.2) is 40.2 Å². The largest absolute Gasteiger partial charge is 0.363 e. The summed E-state index contributed by atoms with van der Waals surface area (Å²) in [6.07, 6.45) is 7.20. The number of nitrogens with zero attached hydrogens (tertiary/aromatic N) is 4. The Labute approximate surface area is 178 Å². The van der Waals surface area contributed by atoms with Gasteiger partial charge < -0.3 is 4.90 Å². The molecule has 0 saturated carbocycles. The van der Waals surface area contributed by atoms with Crippen LogP contribution in [0.4, 0.5) is 5.00 Å². The van der Waals surface area contributed by atoms with E-state index in [0.717, 1.165) is 43.2 Å². The molecular weight excluding hydrogens is 398 g/mol. The molecule has 2 aromatic heterocycles. The van der Waals surface area contributed by atoms with E-state index < -0.39 is 0 Å². The van der Waals surface area contributed by atoms with Gasteiger partial charge in [-0.3, -0.25) is 14.2 Å². The van der Waals surface area contributed by atoms with E-state index in [4.69, 9.17) is 0 Å². The van der Waals surface area contributed by atoms with Crippen LogP contribution in [-0.4, -0.2) is 34.8 Å². The molecule has 3 aromatic rings. The first-order valence-electron chi connectivity index (χ1n) is 10.4. The summed E-state index contributed by atoms with van der Waals surface area (Å²) >= 11 is 1.68. The molecule has 0 aliphatic carbocycles. The number of aryl methyl sites for hydroxylation is 1. The third-order valence-electron chi connectivity index (χ3n) is 5.72. The first kappa shape index (κ1) is 19.0. The maximum absolute atomic E-state index is 12.5. The predicted molar refractivity (Wildman–Crippen MR) is 120 cm³/mol. The van der Waals surface area contributed by atoms with Gasteiger partial charge in [-0.15, -0.1) is 11.3 Å². The predicted octanol–water partition coefficient (Wildman–Crippen LogP) is 3.16. The zero-order valence-corrected chi connectivity index (χ0v) is 17.5. The molecule has 0 radical (unpaired) electrons. The summed E-state index contributed by atoms with van der Waals surface area (Å²) < 4.78 is 1.73. The fraction of sp³-hybridized carbons (Fsp3) is 0.364. The van der Waals surface area contributed by atoms with Crippen molar-refractivity contribution in [2.75, 3.05) is 18.0 Å². The first-order valence-corrected chi connectivity index (χ1v) is 11.2. The summed E-state index contributed by atoms with van der Waals surface area (Å²) in [6, 6.07) is 9.14. The summed E-state index contributed by atoms with van der Waals surface area (Å²) in [7, 11) is 0. The molecule has 1 saturated heterocycles. The van der Waals surface area contributed by atoms with Crippen LogP contribution in [-0.2, 0) is 13.0 Å². The number of benzene rings is 1. The number of rotatable bonds is 4. The van der Waals surface area contributed by atoms with E-state index in [1.54, 1.807) is 40.3 Å². The zero-order valence-electron chi connectivity index (χ0n) is 16.6. The monoisotopic (exact) mass is 421 g/mol. The Kier molecular flexibility index (Phi) is 5.08. The zero-order chi connectivity index (χ0) is 20.5. The second-order valence-corrected chi connectivity index (χ2v) is 8.84. The molecule has 154 valence electrons. The minimum atomic E-state index is -0.316. The van der Waals surface area contributed by atoms with Gasteiger partial charge in [0.2, 0.25) is 0 Å². The highest BCUT2D eigenvalue weighted by molar-refractivity contribution is 7.17. The number of hydrogen-bond donors (Lipinski definition) is 1. The van der Waals surface area contributed by atoms with Crippen molar-refractivity contribution in [2.45, 2.75) is 38.6 Å². The molecular formula is C22H23N5O2S. The molecule has 0 unspecified atom stereocenters. The van der Waals surface area contributed by atoms with Crippen LogP contribution in [0.1, 0.15) is 46.7 Å². The van der Waals surface area contributed by atoms with Gasteiger partial charge in [-0.05, 0) is 56.0 Å². The molecule has 2 aliphatic heterocycles. The fourth-order valence-corrected chi connectivity index (χ4v) is 5.07. The lowest BCUT2D eigenvalue weighted by atomic mass is 10.1. The van der Waals surface area contributed by atoms with Gasteiger partial charge in [0.05, 0.1) is 22.1 Å². The number of hydrogen-bond acceptors (Lipinski definition) is 6. The highest BCUT2D eigenvalue weighted by Crippen LogP contribution is 2.27. The maximum atomic E-state index is 12.5. The normalized spacial score (nSPS) is 16.3. The van der Waals surface area contributed by atoms with E-state index in [2.05, 4.69) is 26.5 Å². The molecule has 8 heteroatoms. The molecule has 0 bridgehead atoms. The van der Waals surface area contributed by atoms with E-state index in [0.29, 0.717) is 16.5 Å². The van der Waals surface area contributed by atoms with Gasteiger partial charge in [0, 0.05) is 36.5 Å². The Morgan fingerprint density at radius 2 is 1.97 bits per heavy atom. The van der Waals surface area contributed by atoms with Crippen LogP contribution in [0.2, 0.25) is 0 Å². The Morgan fingerprint density at radius 3 is 2.83 bits per heavy atom. The molecule has 2 aliphatic rings. The molecule has 1 N–H and O–H groups in total. The maximum Gasteiger partial charge on any atom is 0.271 e. The van der Waals surface area contributed by atoms with Crippen LogP contribution >= 0.6 is 11.3 Å². The van der Waals surface area contributed by atoms with Crippen molar-refractivity contribution in [3.8, 4) is 0 Å². The van der Waals surface area contributed by atoms with E-state index in [1.807, 2.05) is 6.07 Å². The van der Waals surface area contributed by atoms with Crippen LogP contribution in [0.3, 0.4) is 0 Å². The molecule has 1 fully saturated rings. The molecule has 7 nitrogen and oxygen atoms in total. The van der Waals surface area contributed by atoms with Crippen molar-refractivity contribution in [2.24, 2.45) is 5.10 Å². The summed E-state index contributed by atoms with van der Waals surface area (Å²) in [5.74, 6) is 0.480. The van der Waals surface area contributed by atoms with Gasteiger partial charge in [0.15, 0.2) is 0 Å². The molecule has 1 aromatic carbocycles. The van der Waals surface area contributed by atoms with Gasteiger partial charge >= 0.3 is 0 Å². The van der Waals surface area contributed by atoms with E-state index >= 15 is 0 Å². The fourth-order valence-electron chi connectivity index (χ4n) is 4.14. The van der Waals surface area contributed by atoms with Gasteiger partial charge in [0.25, 0.3) is 11.5 Å². The van der Waals surface area contributed by atoms with Gasteiger partial charge in [0.1, 0.15) is 5.82 Å². The van der Waals surface area contributed by atoms with E-state index in [1.165, 1.54) is 24.3 Å². The number of carbonyl (C=O) groups excluding carboxylic acids is 1. The van der Waals surface area contributed by atoms with Crippen LogP contribution in [0, 0.1) is 0 Å². The SMILES string of the molecule is O=C(N/N=C\c1ccc(N2CCCCC2)s1)c1ccc2c(=O)n3c(nc2c1)CCC3. The number of amides is 1. The van der Waals surface area contributed by atoms with Crippen molar-refractivity contribution in [1.29, 1.82) is 0 Å². The number of thiophene rings is 1. The third kappa shape index (κ3) is 3.63. The van der Waals surface area contributed by atoms with Crippen LogP contribution in [0.5, 0.6) is 0 Å². The van der Waals surface area contributed by atoms with Crippen LogP contribution < -0.4 is 15.9 Å². The number of carbonyl (C=O) groups is 1. The molecule has 4 heterocycles. The lowest BCUT2D eigenvalue weighted by molar-refractivity contribution is 0.0955. The lowest BCUT2D eigenvalue weighted by Gasteiger charge is -2.27. The second-order valence-electron chi connectivity index (χ2n) is 7.74. The highest BCUT2D eigenvalue weighted by Gasteiger charge is 2.17. The minimum Gasteiger partial charge on any atom is -0.363 e. The number of piperidine rings is 1.